The maximum absolute atomic E-state index is 5.61. The van der Waals surface area contributed by atoms with Gasteiger partial charge in [0, 0.05) is 19.3 Å². The van der Waals surface area contributed by atoms with Crippen molar-refractivity contribution in [3.8, 4) is 0 Å². The van der Waals surface area contributed by atoms with E-state index in [1.807, 2.05) is 10.9 Å². The summed E-state index contributed by atoms with van der Waals surface area (Å²) in [7, 11) is 0. The molecule has 1 aliphatic heterocycles. The van der Waals surface area contributed by atoms with Crippen molar-refractivity contribution in [2.75, 3.05) is 25.4 Å². The molecule has 1 saturated heterocycles. The zero-order valence-corrected chi connectivity index (χ0v) is 9.39. The molecule has 0 bridgehead atoms. The molecule has 84 valence electrons. The molecule has 4 heteroatoms. The summed E-state index contributed by atoms with van der Waals surface area (Å²) in [6.45, 7) is 6.84. The normalized spacial score (nSPS) is 23.1. The van der Waals surface area contributed by atoms with E-state index in [0.29, 0.717) is 0 Å². The van der Waals surface area contributed by atoms with Crippen molar-refractivity contribution in [1.29, 1.82) is 0 Å². The van der Waals surface area contributed by atoms with Gasteiger partial charge >= 0.3 is 0 Å². The first kappa shape index (κ1) is 10.5. The quantitative estimate of drug-likeness (QED) is 0.812. The van der Waals surface area contributed by atoms with Crippen LogP contribution < -0.4 is 5.73 Å². The van der Waals surface area contributed by atoms with E-state index >= 15 is 0 Å². The molecule has 2 rings (SSSR count). The van der Waals surface area contributed by atoms with Crippen LogP contribution in [-0.2, 0) is 6.54 Å². The van der Waals surface area contributed by atoms with Crippen LogP contribution >= 0.6 is 0 Å². The maximum Gasteiger partial charge on any atom is 0.0719 e. The van der Waals surface area contributed by atoms with Crippen molar-refractivity contribution in [3.63, 3.8) is 0 Å². The molecule has 1 atom stereocenters. The predicted molar refractivity (Wildman–Crippen MR) is 61.5 cm³/mol. The molecule has 1 aromatic heterocycles. The molecule has 1 aromatic rings. The second kappa shape index (κ2) is 4.66. The standard InChI is InChI=1S/C11H20N4/c1-10-3-2-4-14(8-10)5-6-15-9-11(12)7-13-15/h7,9-10H,2-6,8,12H2,1H3. The van der Waals surface area contributed by atoms with Gasteiger partial charge in [-0.05, 0) is 25.3 Å². The van der Waals surface area contributed by atoms with Crippen LogP contribution in [0.25, 0.3) is 0 Å². The topological polar surface area (TPSA) is 47.1 Å². The van der Waals surface area contributed by atoms with Gasteiger partial charge in [-0.2, -0.15) is 5.10 Å². The van der Waals surface area contributed by atoms with Gasteiger partial charge in [0.2, 0.25) is 0 Å². The van der Waals surface area contributed by atoms with Gasteiger partial charge in [0.05, 0.1) is 18.4 Å². The fourth-order valence-electron chi connectivity index (χ4n) is 2.24. The second-order valence-electron chi connectivity index (χ2n) is 4.58. The molecule has 1 unspecified atom stereocenters. The maximum atomic E-state index is 5.61. The Bertz CT molecular complexity index is 307. The van der Waals surface area contributed by atoms with Crippen LogP contribution in [0.3, 0.4) is 0 Å². The number of nitrogens with zero attached hydrogens (tertiary/aromatic N) is 3. The molecule has 1 fully saturated rings. The first-order chi connectivity index (χ1) is 7.24. The monoisotopic (exact) mass is 208 g/mol. The Morgan fingerprint density at radius 2 is 2.40 bits per heavy atom. The number of rotatable bonds is 3. The van der Waals surface area contributed by atoms with E-state index < -0.39 is 0 Å². The van der Waals surface area contributed by atoms with Crippen molar-refractivity contribution in [1.82, 2.24) is 14.7 Å². The molecule has 0 radical (unpaired) electrons. The Hall–Kier alpha value is -1.03. The lowest BCUT2D eigenvalue weighted by Crippen LogP contribution is -2.36. The largest absolute Gasteiger partial charge is 0.396 e. The van der Waals surface area contributed by atoms with Crippen LogP contribution in [0.1, 0.15) is 19.8 Å². The number of hydrogen-bond acceptors (Lipinski definition) is 3. The first-order valence-electron chi connectivity index (χ1n) is 5.74. The minimum absolute atomic E-state index is 0.752. The van der Waals surface area contributed by atoms with Crippen molar-refractivity contribution >= 4 is 5.69 Å². The molecule has 4 nitrogen and oxygen atoms in total. The van der Waals surface area contributed by atoms with Gasteiger partial charge in [-0.25, -0.2) is 0 Å². The Morgan fingerprint density at radius 1 is 1.53 bits per heavy atom. The third-order valence-corrected chi connectivity index (χ3v) is 3.04. The Balaban J connectivity index is 1.77. The van der Waals surface area contributed by atoms with Gasteiger partial charge in [-0.15, -0.1) is 0 Å². The lowest BCUT2D eigenvalue weighted by molar-refractivity contribution is 0.176. The van der Waals surface area contributed by atoms with Crippen LogP contribution in [0, 0.1) is 5.92 Å². The predicted octanol–water partition coefficient (Wildman–Crippen LogP) is 1.20. The average Bonchev–Trinajstić information content (AvgIpc) is 2.62. The lowest BCUT2D eigenvalue weighted by Gasteiger charge is -2.30. The summed E-state index contributed by atoms with van der Waals surface area (Å²) in [6.07, 6.45) is 6.32. The molecular formula is C11H20N4. The summed E-state index contributed by atoms with van der Waals surface area (Å²) in [5, 5.41) is 4.18. The van der Waals surface area contributed by atoms with E-state index in [2.05, 4.69) is 16.9 Å². The number of piperidine rings is 1. The van der Waals surface area contributed by atoms with Gasteiger partial charge in [-0.3, -0.25) is 4.68 Å². The molecule has 2 N–H and O–H groups in total. The minimum Gasteiger partial charge on any atom is -0.396 e. The molecule has 0 spiro atoms. The van der Waals surface area contributed by atoms with E-state index in [1.165, 1.54) is 25.9 Å². The van der Waals surface area contributed by atoms with Crippen molar-refractivity contribution in [3.05, 3.63) is 12.4 Å². The smallest absolute Gasteiger partial charge is 0.0719 e. The van der Waals surface area contributed by atoms with Gasteiger partial charge in [0.15, 0.2) is 0 Å². The highest BCUT2D eigenvalue weighted by atomic mass is 15.3. The SMILES string of the molecule is CC1CCCN(CCn2cc(N)cn2)C1. The summed E-state index contributed by atoms with van der Waals surface area (Å²) in [6, 6.07) is 0. The van der Waals surface area contributed by atoms with Gasteiger partial charge < -0.3 is 10.6 Å². The summed E-state index contributed by atoms with van der Waals surface area (Å²) in [4.78, 5) is 2.52. The fourth-order valence-corrected chi connectivity index (χ4v) is 2.24. The van der Waals surface area contributed by atoms with Crippen LogP contribution in [0.5, 0.6) is 0 Å². The number of nitrogens with two attached hydrogens (primary N) is 1. The Kier molecular flexibility index (Phi) is 3.26. The van der Waals surface area contributed by atoms with Crippen molar-refractivity contribution < 1.29 is 0 Å². The van der Waals surface area contributed by atoms with E-state index in [0.717, 1.165) is 24.7 Å². The number of anilines is 1. The molecule has 0 aliphatic carbocycles. The summed E-state index contributed by atoms with van der Waals surface area (Å²) >= 11 is 0. The Morgan fingerprint density at radius 3 is 3.07 bits per heavy atom. The lowest BCUT2D eigenvalue weighted by atomic mass is 10.0. The average molecular weight is 208 g/mol. The van der Waals surface area contributed by atoms with Crippen LogP contribution in [0.15, 0.2) is 12.4 Å². The summed E-state index contributed by atoms with van der Waals surface area (Å²) in [5.74, 6) is 0.849. The fraction of sp³-hybridized carbons (Fsp3) is 0.727. The number of nitrogen functional groups attached to an aromatic ring is 1. The minimum atomic E-state index is 0.752. The molecule has 1 aliphatic rings. The summed E-state index contributed by atoms with van der Waals surface area (Å²) < 4.78 is 1.93. The van der Waals surface area contributed by atoms with Gasteiger partial charge in [0.25, 0.3) is 0 Å². The number of likely N-dealkylation sites (tertiary alicyclic amines) is 1. The van der Waals surface area contributed by atoms with E-state index in [-0.39, 0.29) is 0 Å². The number of aromatic nitrogens is 2. The molecule has 0 amide bonds. The van der Waals surface area contributed by atoms with Crippen molar-refractivity contribution in [2.45, 2.75) is 26.3 Å². The molecular weight excluding hydrogens is 188 g/mol. The van der Waals surface area contributed by atoms with E-state index in [9.17, 15) is 0 Å². The third kappa shape index (κ3) is 2.96. The second-order valence-corrected chi connectivity index (χ2v) is 4.58. The molecule has 0 aromatic carbocycles. The van der Waals surface area contributed by atoms with Gasteiger partial charge in [-0.1, -0.05) is 6.92 Å². The molecule has 0 saturated carbocycles. The van der Waals surface area contributed by atoms with Crippen LogP contribution in [-0.4, -0.2) is 34.3 Å². The number of hydrogen-bond donors (Lipinski definition) is 1. The zero-order chi connectivity index (χ0) is 10.7. The highest BCUT2D eigenvalue weighted by molar-refractivity contribution is 5.30. The summed E-state index contributed by atoms with van der Waals surface area (Å²) in [5.41, 5.74) is 6.36. The van der Waals surface area contributed by atoms with E-state index in [1.54, 1.807) is 6.20 Å². The van der Waals surface area contributed by atoms with E-state index in [4.69, 9.17) is 5.73 Å². The third-order valence-electron chi connectivity index (χ3n) is 3.04. The molecule has 15 heavy (non-hydrogen) atoms. The first-order valence-corrected chi connectivity index (χ1v) is 5.74. The highest BCUT2D eigenvalue weighted by Gasteiger charge is 2.15. The highest BCUT2D eigenvalue weighted by Crippen LogP contribution is 2.15. The van der Waals surface area contributed by atoms with Crippen molar-refractivity contribution in [2.24, 2.45) is 5.92 Å². The van der Waals surface area contributed by atoms with Gasteiger partial charge in [0.1, 0.15) is 0 Å². The zero-order valence-electron chi connectivity index (χ0n) is 9.39. The molecule has 2 heterocycles. The Labute approximate surface area is 91.1 Å². The van der Waals surface area contributed by atoms with Crippen LogP contribution in [0.2, 0.25) is 0 Å². The van der Waals surface area contributed by atoms with Crippen LogP contribution in [0.4, 0.5) is 5.69 Å².